The number of ether oxygens (including phenoxy) is 1. The minimum Gasteiger partial charge on any atom is -0.449 e. The molecule has 7 nitrogen and oxygen atoms in total. The van der Waals surface area contributed by atoms with Gasteiger partial charge in [0, 0.05) is 47.4 Å². The number of nitrogens with zero attached hydrogens (tertiary/aromatic N) is 1. The second-order valence-corrected chi connectivity index (χ2v) is 7.71. The molecule has 0 saturated carbocycles. The first-order valence-electron chi connectivity index (χ1n) is 10.0. The van der Waals surface area contributed by atoms with E-state index < -0.39 is 6.09 Å². The Morgan fingerprint density at radius 2 is 1.97 bits per heavy atom. The molecule has 154 valence electrons. The van der Waals surface area contributed by atoms with Crippen LogP contribution in [-0.2, 0) is 11.2 Å². The number of rotatable bonds is 5. The van der Waals surface area contributed by atoms with Crippen LogP contribution in [-0.4, -0.2) is 35.1 Å². The topological polar surface area (TPSA) is 96.1 Å². The second-order valence-electron chi connectivity index (χ2n) is 7.71. The monoisotopic (exact) mass is 404 g/mol. The van der Waals surface area contributed by atoms with Crippen LogP contribution in [0.3, 0.4) is 0 Å². The second kappa shape index (κ2) is 8.41. The van der Waals surface area contributed by atoms with Gasteiger partial charge in [0.15, 0.2) is 0 Å². The van der Waals surface area contributed by atoms with Crippen LogP contribution >= 0.6 is 0 Å². The molecule has 4 rings (SSSR count). The Hall–Kier alpha value is -3.61. The molecule has 30 heavy (non-hydrogen) atoms. The van der Waals surface area contributed by atoms with Crippen LogP contribution in [0.4, 0.5) is 10.5 Å². The summed E-state index contributed by atoms with van der Waals surface area (Å²) in [5.74, 6) is 0.249. The number of amides is 2. The molecule has 3 heterocycles. The van der Waals surface area contributed by atoms with Gasteiger partial charge in [-0.05, 0) is 36.2 Å². The third-order valence-electron chi connectivity index (χ3n) is 4.85. The highest BCUT2D eigenvalue weighted by atomic mass is 16.5. The number of aromatic amines is 1. The summed E-state index contributed by atoms with van der Waals surface area (Å²) in [6, 6.07) is 13.2. The quantitative estimate of drug-likeness (QED) is 0.593. The summed E-state index contributed by atoms with van der Waals surface area (Å²) in [6.45, 7) is 5.00. The molecule has 2 amide bonds. The van der Waals surface area contributed by atoms with Crippen molar-refractivity contribution in [3.05, 3.63) is 59.9 Å². The lowest BCUT2D eigenvalue weighted by Gasteiger charge is -2.11. The van der Waals surface area contributed by atoms with Crippen molar-refractivity contribution in [3.8, 4) is 22.5 Å². The number of hydrogen-bond donors (Lipinski definition) is 3. The molecular formula is C23H24N4O3. The number of carbonyl (C=O) groups is 2. The number of nitrogens with one attached hydrogen (secondary N) is 3. The maximum atomic E-state index is 12.0. The normalized spacial score (nSPS) is 13.0. The maximum absolute atomic E-state index is 12.0. The molecule has 0 fully saturated rings. The molecule has 0 bridgehead atoms. The first-order valence-corrected chi connectivity index (χ1v) is 10.0. The Labute approximate surface area is 174 Å². The Morgan fingerprint density at radius 1 is 1.17 bits per heavy atom. The molecule has 0 radical (unpaired) electrons. The van der Waals surface area contributed by atoms with Gasteiger partial charge in [0.2, 0.25) is 0 Å². The average molecular weight is 404 g/mol. The Balaban J connectivity index is 1.50. The summed E-state index contributed by atoms with van der Waals surface area (Å²) in [5.41, 5.74) is 5.91. The third kappa shape index (κ3) is 4.35. The third-order valence-corrected chi connectivity index (χ3v) is 4.85. The summed E-state index contributed by atoms with van der Waals surface area (Å²) in [7, 11) is 0. The molecule has 3 N–H and O–H groups in total. The van der Waals surface area contributed by atoms with Crippen molar-refractivity contribution in [1.82, 2.24) is 15.3 Å². The molecule has 0 spiro atoms. The Bertz CT molecular complexity index is 1070. The number of pyridine rings is 1. The van der Waals surface area contributed by atoms with Gasteiger partial charge in [-0.3, -0.25) is 15.1 Å². The van der Waals surface area contributed by atoms with Crippen LogP contribution in [0.25, 0.3) is 22.5 Å². The molecule has 2 aromatic heterocycles. The molecule has 0 aliphatic carbocycles. The largest absolute Gasteiger partial charge is 0.449 e. The van der Waals surface area contributed by atoms with Gasteiger partial charge in [-0.15, -0.1) is 0 Å². The van der Waals surface area contributed by atoms with Crippen molar-refractivity contribution >= 4 is 17.7 Å². The van der Waals surface area contributed by atoms with E-state index >= 15 is 0 Å². The van der Waals surface area contributed by atoms with Crippen LogP contribution in [0.2, 0.25) is 0 Å². The number of anilines is 1. The maximum Gasteiger partial charge on any atom is 0.411 e. The molecule has 0 saturated heterocycles. The van der Waals surface area contributed by atoms with E-state index in [-0.39, 0.29) is 11.8 Å². The lowest BCUT2D eigenvalue weighted by molar-refractivity contribution is 0.0946. The minimum absolute atomic E-state index is 0.0389. The van der Waals surface area contributed by atoms with Gasteiger partial charge in [-0.1, -0.05) is 26.0 Å². The van der Waals surface area contributed by atoms with Gasteiger partial charge in [0.25, 0.3) is 5.91 Å². The van der Waals surface area contributed by atoms with E-state index in [1.165, 1.54) is 0 Å². The Kier molecular flexibility index (Phi) is 5.52. The van der Waals surface area contributed by atoms with Gasteiger partial charge < -0.3 is 15.0 Å². The predicted octanol–water partition coefficient (Wildman–Crippen LogP) is 4.23. The zero-order valence-corrected chi connectivity index (χ0v) is 17.0. The van der Waals surface area contributed by atoms with Gasteiger partial charge in [-0.2, -0.15) is 0 Å². The average Bonchev–Trinajstić information content (AvgIpc) is 3.19. The first kappa shape index (κ1) is 19.7. The fourth-order valence-electron chi connectivity index (χ4n) is 3.33. The minimum atomic E-state index is -0.462. The summed E-state index contributed by atoms with van der Waals surface area (Å²) in [4.78, 5) is 31.6. The first-order chi connectivity index (χ1) is 14.5. The van der Waals surface area contributed by atoms with E-state index in [0.29, 0.717) is 24.4 Å². The number of hydrogen-bond acceptors (Lipinski definition) is 4. The van der Waals surface area contributed by atoms with Crippen molar-refractivity contribution in [2.45, 2.75) is 20.3 Å². The number of benzene rings is 1. The number of H-pyrrole nitrogens is 1. The Morgan fingerprint density at radius 3 is 2.70 bits per heavy atom. The highest BCUT2D eigenvalue weighted by molar-refractivity contribution is 5.97. The molecule has 7 heteroatoms. The number of fused-ring (bicyclic) bond motifs is 1. The molecule has 3 aromatic rings. The number of carbonyl (C=O) groups excluding carboxylic acids is 2. The van der Waals surface area contributed by atoms with E-state index in [9.17, 15) is 9.59 Å². The number of aromatic nitrogens is 2. The van der Waals surface area contributed by atoms with E-state index in [2.05, 4.69) is 20.6 Å². The van der Waals surface area contributed by atoms with Gasteiger partial charge in [-0.25, -0.2) is 4.79 Å². The lowest BCUT2D eigenvalue weighted by atomic mass is 10.1. The lowest BCUT2D eigenvalue weighted by Crippen LogP contribution is -2.31. The molecule has 1 aromatic carbocycles. The fraction of sp³-hybridized carbons (Fsp3) is 0.261. The van der Waals surface area contributed by atoms with Crippen molar-refractivity contribution in [2.75, 3.05) is 18.5 Å². The SMILES string of the molecule is CC(C)COC(=O)Nc1ccc(-c2cc(-c3cc4c([nH]3)CCNC4=O)ccn2)cc1. The van der Waals surface area contributed by atoms with E-state index in [1.54, 1.807) is 6.20 Å². The van der Waals surface area contributed by atoms with Crippen LogP contribution in [0.5, 0.6) is 0 Å². The van der Waals surface area contributed by atoms with Crippen molar-refractivity contribution in [2.24, 2.45) is 5.92 Å². The molecule has 1 aliphatic rings. The zero-order valence-electron chi connectivity index (χ0n) is 17.0. The smallest absolute Gasteiger partial charge is 0.411 e. The fourth-order valence-corrected chi connectivity index (χ4v) is 3.33. The van der Waals surface area contributed by atoms with Crippen LogP contribution in [0.15, 0.2) is 48.7 Å². The highest BCUT2D eigenvalue weighted by Gasteiger charge is 2.20. The van der Waals surface area contributed by atoms with Gasteiger partial charge in [0.1, 0.15) is 0 Å². The zero-order chi connectivity index (χ0) is 21.1. The van der Waals surface area contributed by atoms with Crippen molar-refractivity contribution in [3.63, 3.8) is 0 Å². The van der Waals surface area contributed by atoms with E-state index in [4.69, 9.17) is 4.74 Å². The van der Waals surface area contributed by atoms with Crippen LogP contribution in [0.1, 0.15) is 29.9 Å². The standard InChI is InChI=1S/C23H24N4O3/c1-14(2)13-30-23(29)26-17-5-3-15(4-6-17)20-11-16(7-9-24-20)21-12-18-19(27-21)8-10-25-22(18)28/h3-7,9,11-12,14,27H,8,10,13H2,1-2H3,(H,25,28)(H,26,29). The van der Waals surface area contributed by atoms with Crippen LogP contribution < -0.4 is 10.6 Å². The van der Waals surface area contributed by atoms with E-state index in [0.717, 1.165) is 34.6 Å². The summed E-state index contributed by atoms with van der Waals surface area (Å²) in [5, 5.41) is 5.58. The van der Waals surface area contributed by atoms with Crippen molar-refractivity contribution < 1.29 is 14.3 Å². The molecule has 1 aliphatic heterocycles. The van der Waals surface area contributed by atoms with Crippen molar-refractivity contribution in [1.29, 1.82) is 0 Å². The summed E-state index contributed by atoms with van der Waals surface area (Å²) < 4.78 is 5.13. The molecule has 0 unspecified atom stereocenters. The predicted molar refractivity (Wildman–Crippen MR) is 115 cm³/mol. The van der Waals surface area contributed by atoms with Crippen LogP contribution in [0, 0.1) is 5.92 Å². The molecular weight excluding hydrogens is 380 g/mol. The molecule has 0 atom stereocenters. The summed E-state index contributed by atoms with van der Waals surface area (Å²) in [6.07, 6.45) is 2.09. The highest BCUT2D eigenvalue weighted by Crippen LogP contribution is 2.27. The van der Waals surface area contributed by atoms with Gasteiger partial charge in [0.05, 0.1) is 17.9 Å². The summed E-state index contributed by atoms with van der Waals surface area (Å²) >= 11 is 0. The van der Waals surface area contributed by atoms with Gasteiger partial charge >= 0.3 is 6.09 Å². The van der Waals surface area contributed by atoms with E-state index in [1.807, 2.05) is 56.3 Å².